The van der Waals surface area contributed by atoms with Gasteiger partial charge in [0, 0.05) is 44.9 Å². The molecule has 1 aliphatic heterocycles. The van der Waals surface area contributed by atoms with Crippen molar-refractivity contribution in [3.05, 3.63) is 30.1 Å². The predicted molar refractivity (Wildman–Crippen MR) is 85.8 cm³/mol. The van der Waals surface area contributed by atoms with Crippen LogP contribution in [0.3, 0.4) is 0 Å². The van der Waals surface area contributed by atoms with E-state index in [0.29, 0.717) is 11.7 Å². The van der Waals surface area contributed by atoms with Gasteiger partial charge in [0.15, 0.2) is 0 Å². The molecule has 0 aromatic carbocycles. The van der Waals surface area contributed by atoms with Gasteiger partial charge < -0.3 is 15.5 Å². The normalized spacial score (nSPS) is 16.2. The molecule has 6 heteroatoms. The summed E-state index contributed by atoms with van der Waals surface area (Å²) in [4.78, 5) is 8.89. The van der Waals surface area contributed by atoms with Crippen molar-refractivity contribution in [3.63, 3.8) is 0 Å². The maximum absolute atomic E-state index is 5.68. The molecule has 0 atom stereocenters. The van der Waals surface area contributed by atoms with Crippen LogP contribution >= 0.6 is 0 Å². The molecule has 1 saturated heterocycles. The standard InChI is InChI=1S/C15H22N6/c1-20(2)15-4-3-12(10-17-15)21-7-5-11(6-8-21)13-9-14(16)19-18-13/h3-4,9-11H,5-8H2,1-2H3,(H3,16,18,19). The first-order valence-electron chi connectivity index (χ1n) is 7.32. The summed E-state index contributed by atoms with van der Waals surface area (Å²) in [5.41, 5.74) is 8.03. The molecular weight excluding hydrogens is 264 g/mol. The lowest BCUT2D eigenvalue weighted by atomic mass is 9.93. The number of pyridine rings is 1. The summed E-state index contributed by atoms with van der Waals surface area (Å²) in [7, 11) is 4.01. The fourth-order valence-corrected chi connectivity index (χ4v) is 2.84. The van der Waals surface area contributed by atoms with Gasteiger partial charge in [0.05, 0.1) is 11.9 Å². The zero-order valence-corrected chi connectivity index (χ0v) is 12.6. The third kappa shape index (κ3) is 2.94. The highest BCUT2D eigenvalue weighted by atomic mass is 15.2. The Kier molecular flexibility index (Phi) is 3.68. The van der Waals surface area contributed by atoms with E-state index in [-0.39, 0.29) is 0 Å². The van der Waals surface area contributed by atoms with Crippen LogP contribution in [-0.2, 0) is 0 Å². The van der Waals surface area contributed by atoms with Crippen LogP contribution in [0.25, 0.3) is 0 Å². The summed E-state index contributed by atoms with van der Waals surface area (Å²) >= 11 is 0. The third-order valence-corrected chi connectivity index (χ3v) is 4.11. The second-order valence-electron chi connectivity index (χ2n) is 5.78. The molecule has 2 aromatic heterocycles. The van der Waals surface area contributed by atoms with Crippen molar-refractivity contribution in [2.24, 2.45) is 0 Å². The van der Waals surface area contributed by atoms with E-state index in [1.807, 2.05) is 31.3 Å². The number of aromatic nitrogens is 3. The minimum Gasteiger partial charge on any atom is -0.382 e. The number of nitrogens with zero attached hydrogens (tertiary/aromatic N) is 4. The highest BCUT2D eigenvalue weighted by molar-refractivity contribution is 5.50. The fourth-order valence-electron chi connectivity index (χ4n) is 2.84. The summed E-state index contributed by atoms with van der Waals surface area (Å²) in [6, 6.07) is 6.17. The van der Waals surface area contributed by atoms with Crippen LogP contribution in [-0.4, -0.2) is 42.4 Å². The zero-order chi connectivity index (χ0) is 14.8. The highest BCUT2D eigenvalue weighted by Crippen LogP contribution is 2.30. The van der Waals surface area contributed by atoms with E-state index in [1.165, 1.54) is 5.69 Å². The molecule has 6 nitrogen and oxygen atoms in total. The van der Waals surface area contributed by atoms with E-state index in [1.54, 1.807) is 0 Å². The van der Waals surface area contributed by atoms with Crippen LogP contribution in [0.15, 0.2) is 24.4 Å². The van der Waals surface area contributed by atoms with E-state index in [9.17, 15) is 0 Å². The second-order valence-corrected chi connectivity index (χ2v) is 5.78. The van der Waals surface area contributed by atoms with Crippen LogP contribution < -0.4 is 15.5 Å². The monoisotopic (exact) mass is 286 g/mol. The number of nitrogens with one attached hydrogen (secondary N) is 1. The van der Waals surface area contributed by atoms with E-state index < -0.39 is 0 Å². The van der Waals surface area contributed by atoms with Crippen LogP contribution in [0.1, 0.15) is 24.5 Å². The first kappa shape index (κ1) is 13.7. The number of rotatable bonds is 3. The zero-order valence-electron chi connectivity index (χ0n) is 12.6. The smallest absolute Gasteiger partial charge is 0.145 e. The number of nitrogen functional groups attached to an aromatic ring is 1. The molecule has 3 N–H and O–H groups in total. The summed E-state index contributed by atoms with van der Waals surface area (Å²) in [5, 5.41) is 7.06. The van der Waals surface area contributed by atoms with Crippen molar-refractivity contribution in [3.8, 4) is 0 Å². The van der Waals surface area contributed by atoms with Gasteiger partial charge in [-0.2, -0.15) is 5.10 Å². The van der Waals surface area contributed by atoms with Gasteiger partial charge in [-0.3, -0.25) is 5.10 Å². The van der Waals surface area contributed by atoms with Gasteiger partial charge in [0.2, 0.25) is 0 Å². The lowest BCUT2D eigenvalue weighted by molar-refractivity contribution is 0.495. The molecule has 0 bridgehead atoms. The highest BCUT2D eigenvalue weighted by Gasteiger charge is 2.22. The third-order valence-electron chi connectivity index (χ3n) is 4.11. The summed E-state index contributed by atoms with van der Waals surface area (Å²) in [6.07, 6.45) is 4.18. The molecule has 0 spiro atoms. The molecule has 2 aromatic rings. The maximum atomic E-state index is 5.68. The molecule has 112 valence electrons. The number of H-pyrrole nitrogens is 1. The SMILES string of the molecule is CN(C)c1ccc(N2CCC(c3cc(N)n[nH]3)CC2)cn1. The Morgan fingerprint density at radius 1 is 1.29 bits per heavy atom. The predicted octanol–water partition coefficient (Wildman–Crippen LogP) is 1.84. The Hall–Kier alpha value is -2.24. The quantitative estimate of drug-likeness (QED) is 0.900. The number of aromatic amines is 1. The van der Waals surface area contributed by atoms with Crippen molar-refractivity contribution in [2.75, 3.05) is 42.7 Å². The van der Waals surface area contributed by atoms with Gasteiger partial charge in [-0.05, 0) is 25.0 Å². The molecule has 0 radical (unpaired) electrons. The molecule has 3 rings (SSSR count). The number of hydrogen-bond acceptors (Lipinski definition) is 5. The lowest BCUT2D eigenvalue weighted by Gasteiger charge is -2.33. The fraction of sp³-hybridized carbons (Fsp3) is 0.467. The van der Waals surface area contributed by atoms with E-state index >= 15 is 0 Å². The average Bonchev–Trinajstić information content (AvgIpc) is 2.94. The molecule has 0 unspecified atom stereocenters. The van der Waals surface area contributed by atoms with Gasteiger partial charge in [-0.15, -0.1) is 0 Å². The van der Waals surface area contributed by atoms with Crippen molar-refractivity contribution in [2.45, 2.75) is 18.8 Å². The van der Waals surface area contributed by atoms with E-state index in [0.717, 1.165) is 37.4 Å². The molecule has 3 heterocycles. The summed E-state index contributed by atoms with van der Waals surface area (Å²) < 4.78 is 0. The maximum Gasteiger partial charge on any atom is 0.145 e. The first-order chi connectivity index (χ1) is 10.1. The minimum atomic E-state index is 0.528. The first-order valence-corrected chi connectivity index (χ1v) is 7.32. The van der Waals surface area contributed by atoms with Gasteiger partial charge in [-0.25, -0.2) is 4.98 Å². The van der Waals surface area contributed by atoms with Crippen molar-refractivity contribution < 1.29 is 0 Å². The van der Waals surface area contributed by atoms with Crippen LogP contribution in [0.4, 0.5) is 17.3 Å². The molecular formula is C15H22N6. The number of nitrogens with two attached hydrogens (primary N) is 1. The molecule has 1 fully saturated rings. The Morgan fingerprint density at radius 3 is 2.57 bits per heavy atom. The van der Waals surface area contributed by atoms with Crippen LogP contribution in [0.2, 0.25) is 0 Å². The lowest BCUT2D eigenvalue weighted by Crippen LogP contribution is -2.33. The number of piperidine rings is 1. The van der Waals surface area contributed by atoms with Gasteiger partial charge in [0.1, 0.15) is 11.6 Å². The van der Waals surface area contributed by atoms with Crippen LogP contribution in [0, 0.1) is 0 Å². The van der Waals surface area contributed by atoms with E-state index in [2.05, 4.69) is 32.2 Å². The number of anilines is 3. The summed E-state index contributed by atoms with van der Waals surface area (Å²) in [6.45, 7) is 2.07. The molecule has 21 heavy (non-hydrogen) atoms. The van der Waals surface area contributed by atoms with Crippen molar-refractivity contribution in [1.82, 2.24) is 15.2 Å². The Bertz CT molecular complexity index is 580. The summed E-state index contributed by atoms with van der Waals surface area (Å²) in [5.74, 6) is 2.09. The van der Waals surface area contributed by atoms with Crippen molar-refractivity contribution >= 4 is 17.3 Å². The van der Waals surface area contributed by atoms with Gasteiger partial charge in [0.25, 0.3) is 0 Å². The largest absolute Gasteiger partial charge is 0.382 e. The molecule has 0 aliphatic carbocycles. The van der Waals surface area contributed by atoms with Crippen molar-refractivity contribution in [1.29, 1.82) is 0 Å². The average molecular weight is 286 g/mol. The van der Waals surface area contributed by atoms with E-state index in [4.69, 9.17) is 5.73 Å². The minimum absolute atomic E-state index is 0.528. The van der Waals surface area contributed by atoms with Gasteiger partial charge in [-0.1, -0.05) is 0 Å². The van der Waals surface area contributed by atoms with Crippen LogP contribution in [0.5, 0.6) is 0 Å². The Labute approximate surface area is 125 Å². The molecule has 0 amide bonds. The Balaban J connectivity index is 1.62. The topological polar surface area (TPSA) is 74.1 Å². The molecule has 0 saturated carbocycles. The second kappa shape index (κ2) is 5.63. The molecule has 1 aliphatic rings. The Morgan fingerprint density at radius 2 is 2.05 bits per heavy atom. The number of hydrogen-bond donors (Lipinski definition) is 2. The van der Waals surface area contributed by atoms with Gasteiger partial charge >= 0.3 is 0 Å².